The Morgan fingerprint density at radius 1 is 1.38 bits per heavy atom. The lowest BCUT2D eigenvalue weighted by Gasteiger charge is -2.33. The van der Waals surface area contributed by atoms with Crippen LogP contribution in [0.3, 0.4) is 0 Å². The molecule has 32 heavy (non-hydrogen) atoms. The molecular formula is C22H22FN5O3S. The molecule has 0 amide bonds. The Morgan fingerprint density at radius 3 is 2.88 bits per heavy atom. The number of thioether (sulfide) groups is 1. The van der Waals surface area contributed by atoms with Gasteiger partial charge in [0.25, 0.3) is 0 Å². The molecular weight excluding hydrogens is 433 g/mol. The van der Waals surface area contributed by atoms with Crippen LogP contribution in [0.1, 0.15) is 35.0 Å². The molecule has 0 saturated heterocycles. The van der Waals surface area contributed by atoms with E-state index >= 15 is 0 Å². The fraction of sp³-hybridized carbons (Fsp3) is 0.409. The zero-order valence-electron chi connectivity index (χ0n) is 17.7. The van der Waals surface area contributed by atoms with Crippen molar-refractivity contribution in [2.45, 2.75) is 30.1 Å². The highest BCUT2D eigenvalue weighted by Gasteiger charge is 2.66. The highest BCUT2D eigenvalue weighted by Crippen LogP contribution is 2.65. The maximum absolute atomic E-state index is 14.8. The molecule has 10 heteroatoms. The molecule has 0 bridgehead atoms. The first-order chi connectivity index (χ1) is 15.3. The van der Waals surface area contributed by atoms with E-state index in [-0.39, 0.29) is 41.0 Å². The number of halogens is 1. The topological polar surface area (TPSA) is 113 Å². The lowest BCUT2D eigenvalue weighted by molar-refractivity contribution is 0.0987. The number of amidine groups is 1. The highest BCUT2D eigenvalue weighted by atomic mass is 32.2. The third-order valence-electron chi connectivity index (χ3n) is 5.76. The molecule has 8 nitrogen and oxygen atoms in total. The van der Waals surface area contributed by atoms with E-state index in [9.17, 15) is 9.18 Å². The first-order valence-electron chi connectivity index (χ1n) is 9.91. The van der Waals surface area contributed by atoms with Gasteiger partial charge in [-0.15, -0.1) is 6.42 Å². The summed E-state index contributed by atoms with van der Waals surface area (Å²) in [5.74, 6) is 1.70. The zero-order valence-corrected chi connectivity index (χ0v) is 18.5. The van der Waals surface area contributed by atoms with Crippen molar-refractivity contribution in [1.82, 2.24) is 15.0 Å². The van der Waals surface area contributed by atoms with E-state index in [0.29, 0.717) is 22.9 Å². The normalized spacial score (nSPS) is 25.9. The van der Waals surface area contributed by atoms with Gasteiger partial charge in [-0.2, -0.15) is 4.39 Å². The third-order valence-corrected chi connectivity index (χ3v) is 7.04. The summed E-state index contributed by atoms with van der Waals surface area (Å²) in [5.41, 5.74) is 6.23. The van der Waals surface area contributed by atoms with Crippen LogP contribution in [0.25, 0.3) is 0 Å². The van der Waals surface area contributed by atoms with E-state index in [2.05, 4.69) is 25.9 Å². The van der Waals surface area contributed by atoms with E-state index < -0.39 is 11.5 Å². The van der Waals surface area contributed by atoms with Crippen molar-refractivity contribution in [2.24, 2.45) is 16.6 Å². The van der Waals surface area contributed by atoms with E-state index in [4.69, 9.17) is 21.6 Å². The van der Waals surface area contributed by atoms with Crippen LogP contribution in [0.5, 0.6) is 5.88 Å². The maximum Gasteiger partial charge on any atom is 0.233 e. The number of hydrogen-bond donors (Lipinski definition) is 1. The standard InChI is InChI=1S/C22H22FN5O3S/c1-4-5-31-18-11-25-15(10-26-18)16(29)7-13-6-14(19(23)27-9-13)21(2)17-8-22(17,12-30-3)32-20(24)28-21/h1,6,9-11,17H,5,7-8,12H2,2-3H3,(H2,24,28)/t17-,21+,22+/m0/s1. The first kappa shape index (κ1) is 22.2. The Labute approximate surface area is 189 Å². The summed E-state index contributed by atoms with van der Waals surface area (Å²) in [7, 11) is 1.63. The molecule has 1 saturated carbocycles. The van der Waals surface area contributed by atoms with Gasteiger partial charge in [-0.25, -0.2) is 15.0 Å². The Kier molecular flexibility index (Phi) is 5.88. The predicted octanol–water partition coefficient (Wildman–Crippen LogP) is 2.13. The van der Waals surface area contributed by atoms with E-state index in [1.54, 1.807) is 13.2 Å². The van der Waals surface area contributed by atoms with E-state index in [0.717, 1.165) is 6.42 Å². The fourth-order valence-electron chi connectivity index (χ4n) is 4.20. The molecule has 0 unspecified atom stereocenters. The highest BCUT2D eigenvalue weighted by molar-refractivity contribution is 8.15. The smallest absolute Gasteiger partial charge is 0.233 e. The maximum atomic E-state index is 14.8. The number of terminal acetylenes is 1. The molecule has 0 spiro atoms. The van der Waals surface area contributed by atoms with Gasteiger partial charge in [-0.3, -0.25) is 9.79 Å². The van der Waals surface area contributed by atoms with E-state index in [1.165, 1.54) is 30.4 Å². The number of Topliss-reactive ketones (excluding diaryl/α,β-unsaturated/α-hetero) is 1. The Bertz CT molecular complexity index is 1120. The number of ketones is 1. The van der Waals surface area contributed by atoms with E-state index in [1.807, 2.05) is 6.92 Å². The van der Waals surface area contributed by atoms with Crippen LogP contribution in [-0.4, -0.2) is 51.0 Å². The minimum atomic E-state index is -0.889. The number of nitrogens with zero attached hydrogens (tertiary/aromatic N) is 4. The van der Waals surface area contributed by atoms with Crippen LogP contribution in [0, 0.1) is 24.2 Å². The van der Waals surface area contributed by atoms with Gasteiger partial charge in [0.15, 0.2) is 17.6 Å². The molecule has 1 aliphatic heterocycles. The molecule has 1 aliphatic carbocycles. The summed E-state index contributed by atoms with van der Waals surface area (Å²) in [6, 6.07) is 1.64. The van der Waals surface area contributed by atoms with Gasteiger partial charge in [0.2, 0.25) is 11.8 Å². The van der Waals surface area contributed by atoms with Crippen molar-refractivity contribution in [1.29, 1.82) is 0 Å². The molecule has 2 aromatic rings. The van der Waals surface area contributed by atoms with Crippen LogP contribution in [0.4, 0.5) is 4.39 Å². The number of aliphatic imine (C=N–C) groups is 1. The second-order valence-electron chi connectivity index (χ2n) is 7.97. The second kappa shape index (κ2) is 8.48. The van der Waals surface area contributed by atoms with Crippen LogP contribution >= 0.6 is 11.8 Å². The number of nitrogens with two attached hydrogens (primary N) is 1. The van der Waals surface area contributed by atoms with Gasteiger partial charge in [-0.05, 0) is 25.0 Å². The van der Waals surface area contributed by atoms with Gasteiger partial charge in [0.05, 0.1) is 29.3 Å². The number of methoxy groups -OCH3 is 1. The molecule has 3 atom stereocenters. The number of carbonyl (C=O) groups is 1. The lowest BCUT2D eigenvalue weighted by Crippen LogP contribution is -2.38. The number of rotatable bonds is 8. The van der Waals surface area contributed by atoms with Gasteiger partial charge in [-0.1, -0.05) is 17.7 Å². The number of ether oxygens (including phenoxy) is 2. The quantitative estimate of drug-likeness (QED) is 0.366. The van der Waals surface area contributed by atoms with Gasteiger partial charge in [0, 0.05) is 31.2 Å². The van der Waals surface area contributed by atoms with Crippen LogP contribution in [0.15, 0.2) is 29.6 Å². The first-order valence-corrected chi connectivity index (χ1v) is 10.7. The lowest BCUT2D eigenvalue weighted by atomic mass is 9.86. The molecule has 166 valence electrons. The minimum Gasteiger partial charge on any atom is -0.463 e. The number of carbonyl (C=O) groups excluding carboxylic acids is 1. The average molecular weight is 456 g/mol. The van der Waals surface area contributed by atoms with Gasteiger partial charge < -0.3 is 15.2 Å². The number of hydrogen-bond acceptors (Lipinski definition) is 9. The molecule has 2 N–H and O–H groups in total. The van der Waals surface area contributed by atoms with Crippen molar-refractivity contribution < 1.29 is 18.7 Å². The third kappa shape index (κ3) is 4.06. The Hall–Kier alpha value is -3.03. The van der Waals surface area contributed by atoms with Crippen LogP contribution in [0.2, 0.25) is 0 Å². The summed E-state index contributed by atoms with van der Waals surface area (Å²) in [5, 5.41) is 0.390. The molecule has 2 aliphatic rings. The van der Waals surface area contributed by atoms with Gasteiger partial charge in [0.1, 0.15) is 5.69 Å². The van der Waals surface area contributed by atoms with Crippen LogP contribution < -0.4 is 10.5 Å². The minimum absolute atomic E-state index is 0.0164. The van der Waals surface area contributed by atoms with Crippen molar-refractivity contribution in [3.63, 3.8) is 0 Å². The summed E-state index contributed by atoms with van der Waals surface area (Å²) in [4.78, 5) is 29.3. The summed E-state index contributed by atoms with van der Waals surface area (Å²) < 4.78 is 25.2. The molecule has 1 fully saturated rings. The average Bonchev–Trinajstić information content (AvgIpc) is 3.49. The molecule has 2 aromatic heterocycles. The van der Waals surface area contributed by atoms with Crippen molar-refractivity contribution in [3.8, 4) is 18.2 Å². The zero-order chi connectivity index (χ0) is 22.9. The van der Waals surface area contributed by atoms with Crippen LogP contribution in [-0.2, 0) is 16.7 Å². The molecule has 3 heterocycles. The molecule has 0 radical (unpaired) electrons. The summed E-state index contributed by atoms with van der Waals surface area (Å²) in [6.07, 6.45) is 9.92. The number of fused-ring (bicyclic) bond motifs is 1. The largest absolute Gasteiger partial charge is 0.463 e. The van der Waals surface area contributed by atoms with Crippen molar-refractivity contribution in [3.05, 3.63) is 47.4 Å². The van der Waals surface area contributed by atoms with Crippen molar-refractivity contribution in [2.75, 3.05) is 20.3 Å². The summed E-state index contributed by atoms with van der Waals surface area (Å²) >= 11 is 1.48. The fourth-order valence-corrected chi connectivity index (χ4v) is 5.65. The molecule has 4 rings (SSSR count). The van der Waals surface area contributed by atoms with Crippen molar-refractivity contribution >= 4 is 22.7 Å². The number of pyridine rings is 1. The molecule has 0 aromatic carbocycles. The monoisotopic (exact) mass is 455 g/mol. The second-order valence-corrected chi connectivity index (χ2v) is 9.40. The Balaban J connectivity index is 1.56. The summed E-state index contributed by atoms with van der Waals surface area (Å²) in [6.45, 7) is 2.41. The number of aromatic nitrogens is 3. The SMILES string of the molecule is C#CCOc1cnc(C(=O)Cc2cnc(F)c([C@@]3(C)N=C(N)S[C@@]4(COC)C[C@H]43)c2)cn1. The predicted molar refractivity (Wildman–Crippen MR) is 118 cm³/mol. The Morgan fingerprint density at radius 2 is 2.19 bits per heavy atom. The van der Waals surface area contributed by atoms with Gasteiger partial charge >= 0.3 is 0 Å².